The summed E-state index contributed by atoms with van der Waals surface area (Å²) in [4.78, 5) is 10.3. The van der Waals surface area contributed by atoms with E-state index in [4.69, 9.17) is 16.7 Å². The van der Waals surface area contributed by atoms with Gasteiger partial charge in [0.2, 0.25) is 10.0 Å². The van der Waals surface area contributed by atoms with Crippen LogP contribution in [-0.2, 0) is 14.8 Å². The summed E-state index contributed by atoms with van der Waals surface area (Å²) in [5.41, 5.74) is 0. The molecule has 2 N–H and O–H groups in total. The molecule has 8 heteroatoms. The van der Waals surface area contributed by atoms with E-state index in [2.05, 4.69) is 0 Å². The summed E-state index contributed by atoms with van der Waals surface area (Å²) in [6, 6.07) is 2.13. The van der Waals surface area contributed by atoms with E-state index in [-0.39, 0.29) is 11.4 Å². The van der Waals surface area contributed by atoms with Crippen LogP contribution in [0.3, 0.4) is 0 Å². The molecule has 5 nitrogen and oxygen atoms in total. The first-order chi connectivity index (χ1) is 9.29. The SMILES string of the molecule is CCCCC(NS(=O)(=O)c1c(F)cccc1Cl)C(=O)O. The number of benzene rings is 1. The minimum absolute atomic E-state index is 0.122. The zero-order valence-electron chi connectivity index (χ0n) is 10.8. The molecule has 0 saturated carbocycles. The van der Waals surface area contributed by atoms with Crippen molar-refractivity contribution in [1.82, 2.24) is 4.72 Å². The maximum atomic E-state index is 13.6. The number of rotatable bonds is 7. The molecule has 0 amide bonds. The van der Waals surface area contributed by atoms with E-state index < -0.39 is 32.7 Å². The van der Waals surface area contributed by atoms with Crippen molar-refractivity contribution in [3.63, 3.8) is 0 Å². The second-order valence-corrected chi connectivity index (χ2v) is 6.26. The molecule has 0 aliphatic carbocycles. The number of carbonyl (C=O) groups is 1. The third kappa shape index (κ3) is 4.16. The monoisotopic (exact) mass is 323 g/mol. The van der Waals surface area contributed by atoms with E-state index in [0.717, 1.165) is 6.07 Å². The van der Waals surface area contributed by atoms with E-state index in [0.29, 0.717) is 12.8 Å². The zero-order chi connectivity index (χ0) is 15.3. The quantitative estimate of drug-likeness (QED) is 0.807. The van der Waals surface area contributed by atoms with Gasteiger partial charge in [0, 0.05) is 0 Å². The Hall–Kier alpha value is -1.18. The van der Waals surface area contributed by atoms with Gasteiger partial charge in [-0.2, -0.15) is 4.72 Å². The van der Waals surface area contributed by atoms with Crippen molar-refractivity contribution in [1.29, 1.82) is 0 Å². The molecule has 0 bridgehead atoms. The van der Waals surface area contributed by atoms with Crippen LogP contribution < -0.4 is 4.72 Å². The van der Waals surface area contributed by atoms with Crippen molar-refractivity contribution in [2.24, 2.45) is 0 Å². The van der Waals surface area contributed by atoms with Crippen LogP contribution >= 0.6 is 11.6 Å². The number of hydrogen-bond donors (Lipinski definition) is 2. The first-order valence-corrected chi connectivity index (χ1v) is 7.85. The fourth-order valence-electron chi connectivity index (χ4n) is 1.63. The fourth-order valence-corrected chi connectivity index (χ4v) is 3.45. The lowest BCUT2D eigenvalue weighted by Gasteiger charge is -2.15. The highest BCUT2D eigenvalue weighted by Gasteiger charge is 2.28. The fraction of sp³-hybridized carbons (Fsp3) is 0.417. The van der Waals surface area contributed by atoms with Crippen LogP contribution in [-0.4, -0.2) is 25.5 Å². The van der Waals surface area contributed by atoms with Crippen LogP contribution in [0.15, 0.2) is 23.1 Å². The summed E-state index contributed by atoms with van der Waals surface area (Å²) in [5.74, 6) is -2.33. The van der Waals surface area contributed by atoms with E-state index in [9.17, 15) is 17.6 Å². The third-order valence-corrected chi connectivity index (χ3v) is 4.60. The van der Waals surface area contributed by atoms with Crippen LogP contribution in [0.2, 0.25) is 5.02 Å². The number of halogens is 2. The summed E-state index contributed by atoms with van der Waals surface area (Å²) < 4.78 is 39.7. The minimum atomic E-state index is -4.33. The van der Waals surface area contributed by atoms with E-state index in [1.807, 2.05) is 11.6 Å². The van der Waals surface area contributed by atoms with Crippen molar-refractivity contribution in [2.75, 3.05) is 0 Å². The van der Waals surface area contributed by atoms with Crippen LogP contribution in [0.1, 0.15) is 26.2 Å². The van der Waals surface area contributed by atoms with Crippen molar-refractivity contribution in [3.8, 4) is 0 Å². The molecule has 112 valence electrons. The smallest absolute Gasteiger partial charge is 0.321 e. The molecule has 0 aliphatic rings. The molecule has 0 aromatic heterocycles. The van der Waals surface area contributed by atoms with E-state index in [1.54, 1.807) is 0 Å². The number of sulfonamides is 1. The highest BCUT2D eigenvalue weighted by Crippen LogP contribution is 2.24. The number of carboxylic acids is 1. The summed E-state index contributed by atoms with van der Waals surface area (Å²) in [5, 5.41) is 8.70. The molecule has 1 aromatic rings. The van der Waals surface area contributed by atoms with Gasteiger partial charge in [0.25, 0.3) is 0 Å². The van der Waals surface area contributed by atoms with Crippen molar-refractivity contribution in [3.05, 3.63) is 29.0 Å². The molecule has 1 rings (SSSR count). The molecule has 1 atom stereocenters. The summed E-state index contributed by atoms with van der Waals surface area (Å²) in [6.07, 6.45) is 1.37. The average Bonchev–Trinajstić information content (AvgIpc) is 2.33. The van der Waals surface area contributed by atoms with Crippen LogP contribution in [0.4, 0.5) is 4.39 Å². The van der Waals surface area contributed by atoms with Gasteiger partial charge in [-0.3, -0.25) is 4.79 Å². The minimum Gasteiger partial charge on any atom is -0.480 e. The first kappa shape index (κ1) is 16.9. The first-order valence-electron chi connectivity index (χ1n) is 5.98. The maximum absolute atomic E-state index is 13.6. The summed E-state index contributed by atoms with van der Waals surface area (Å²) in [7, 11) is -4.33. The zero-order valence-corrected chi connectivity index (χ0v) is 12.3. The predicted molar refractivity (Wildman–Crippen MR) is 72.7 cm³/mol. The number of hydrogen-bond acceptors (Lipinski definition) is 3. The molecule has 0 heterocycles. The normalized spacial score (nSPS) is 13.2. The Labute approximate surface area is 121 Å². The van der Waals surface area contributed by atoms with Crippen molar-refractivity contribution < 1.29 is 22.7 Å². The van der Waals surface area contributed by atoms with Crippen LogP contribution in [0.25, 0.3) is 0 Å². The Balaban J connectivity index is 3.07. The van der Waals surface area contributed by atoms with Gasteiger partial charge in [0.15, 0.2) is 0 Å². The van der Waals surface area contributed by atoms with Gasteiger partial charge in [0.05, 0.1) is 5.02 Å². The largest absolute Gasteiger partial charge is 0.480 e. The van der Waals surface area contributed by atoms with Gasteiger partial charge < -0.3 is 5.11 Å². The molecule has 0 spiro atoms. The van der Waals surface area contributed by atoms with Gasteiger partial charge in [-0.15, -0.1) is 0 Å². The Morgan fingerprint density at radius 1 is 1.50 bits per heavy atom. The van der Waals surface area contributed by atoms with Gasteiger partial charge in [-0.25, -0.2) is 12.8 Å². The van der Waals surface area contributed by atoms with Crippen LogP contribution in [0.5, 0.6) is 0 Å². The number of carboxylic acid groups (broad SMARTS) is 1. The van der Waals surface area contributed by atoms with E-state index >= 15 is 0 Å². The van der Waals surface area contributed by atoms with E-state index in [1.165, 1.54) is 12.1 Å². The molecule has 20 heavy (non-hydrogen) atoms. The van der Waals surface area contributed by atoms with Gasteiger partial charge in [0.1, 0.15) is 16.8 Å². The second-order valence-electron chi connectivity index (χ2n) is 4.21. The lowest BCUT2D eigenvalue weighted by Crippen LogP contribution is -2.41. The molecular weight excluding hydrogens is 309 g/mol. The molecule has 0 saturated heterocycles. The Bertz CT molecular complexity index is 571. The van der Waals surface area contributed by atoms with Gasteiger partial charge >= 0.3 is 5.97 Å². The highest BCUT2D eigenvalue weighted by atomic mass is 35.5. The Kier molecular flexibility index (Phi) is 5.91. The lowest BCUT2D eigenvalue weighted by molar-refractivity contribution is -0.139. The predicted octanol–water partition coefficient (Wildman–Crippen LogP) is 2.40. The molecular formula is C12H15ClFNO4S. The average molecular weight is 324 g/mol. The number of aliphatic carboxylic acids is 1. The molecule has 0 radical (unpaired) electrons. The second kappa shape index (κ2) is 7.01. The van der Waals surface area contributed by atoms with Crippen LogP contribution in [0, 0.1) is 5.82 Å². The number of nitrogens with one attached hydrogen (secondary N) is 1. The van der Waals surface area contributed by atoms with Crippen molar-refractivity contribution in [2.45, 2.75) is 37.1 Å². The third-order valence-electron chi connectivity index (χ3n) is 2.63. The standard InChI is InChI=1S/C12H15ClFNO4S/c1-2-3-7-10(12(16)17)15-20(18,19)11-8(13)5-4-6-9(11)14/h4-6,10,15H,2-3,7H2,1H3,(H,16,17). The maximum Gasteiger partial charge on any atom is 0.321 e. The highest BCUT2D eigenvalue weighted by molar-refractivity contribution is 7.89. The topological polar surface area (TPSA) is 83.5 Å². The lowest BCUT2D eigenvalue weighted by atomic mass is 10.1. The Morgan fingerprint density at radius 3 is 2.65 bits per heavy atom. The van der Waals surface area contributed by atoms with Crippen molar-refractivity contribution >= 4 is 27.6 Å². The molecule has 1 aromatic carbocycles. The van der Waals surface area contributed by atoms with Gasteiger partial charge in [-0.1, -0.05) is 37.4 Å². The Morgan fingerprint density at radius 2 is 2.15 bits per heavy atom. The molecule has 1 unspecified atom stereocenters. The molecule has 0 fully saturated rings. The summed E-state index contributed by atoms with van der Waals surface area (Å²) >= 11 is 5.67. The molecule has 0 aliphatic heterocycles. The van der Waals surface area contributed by atoms with Gasteiger partial charge in [-0.05, 0) is 18.6 Å². The number of unbranched alkanes of at least 4 members (excludes halogenated alkanes) is 1. The summed E-state index contributed by atoms with van der Waals surface area (Å²) in [6.45, 7) is 1.85.